The molecule has 5 heteroatoms. The Labute approximate surface area is 112 Å². The predicted octanol–water partition coefficient (Wildman–Crippen LogP) is 2.84. The van der Waals surface area contributed by atoms with Crippen molar-refractivity contribution < 1.29 is 4.74 Å². The molecular weight excluding hydrogens is 246 g/mol. The van der Waals surface area contributed by atoms with E-state index in [2.05, 4.69) is 17.1 Å². The smallest absolute Gasteiger partial charge is 0.240 e. The van der Waals surface area contributed by atoms with Crippen LogP contribution in [-0.4, -0.2) is 23.4 Å². The second-order valence-corrected chi connectivity index (χ2v) is 4.61. The average Bonchev–Trinajstić information content (AvgIpc) is 2.42. The maximum absolute atomic E-state index is 5.73. The van der Waals surface area contributed by atoms with Gasteiger partial charge in [-0.1, -0.05) is 36.9 Å². The Hall–Kier alpha value is -1.49. The molecule has 0 aliphatic rings. The second kappa shape index (κ2) is 8.58. The van der Waals surface area contributed by atoms with Gasteiger partial charge in [-0.25, -0.2) is 0 Å². The van der Waals surface area contributed by atoms with E-state index in [0.717, 1.165) is 17.7 Å². The fraction of sp³-hybridized carbons (Fsp3) is 0.385. The lowest BCUT2D eigenvalue weighted by molar-refractivity contribution is 0.327. The summed E-state index contributed by atoms with van der Waals surface area (Å²) in [7, 11) is 0. The van der Waals surface area contributed by atoms with Gasteiger partial charge in [0.1, 0.15) is 0 Å². The lowest BCUT2D eigenvalue weighted by atomic mass is 10.2. The van der Waals surface area contributed by atoms with Gasteiger partial charge in [0.2, 0.25) is 5.90 Å². The van der Waals surface area contributed by atoms with Gasteiger partial charge in [-0.05, 0) is 25.5 Å². The van der Waals surface area contributed by atoms with Crippen molar-refractivity contribution in [3.8, 4) is 0 Å². The third kappa shape index (κ3) is 5.23. The summed E-state index contributed by atoms with van der Waals surface area (Å²) in [6.45, 7) is 4.56. The molecule has 0 aliphatic heterocycles. The zero-order valence-electron chi connectivity index (χ0n) is 10.8. The van der Waals surface area contributed by atoms with E-state index in [4.69, 9.17) is 10.5 Å². The lowest BCUT2D eigenvalue weighted by Gasteiger charge is -2.05. The molecule has 1 aromatic rings. The van der Waals surface area contributed by atoms with E-state index in [0.29, 0.717) is 17.7 Å². The fourth-order valence-corrected chi connectivity index (χ4v) is 1.73. The van der Waals surface area contributed by atoms with Crippen LogP contribution in [0.1, 0.15) is 25.8 Å². The summed E-state index contributed by atoms with van der Waals surface area (Å²) in [6.07, 6.45) is 1.06. The minimum Gasteiger partial charge on any atom is -0.476 e. The quantitative estimate of drug-likeness (QED) is 0.506. The van der Waals surface area contributed by atoms with Gasteiger partial charge in [-0.2, -0.15) is 0 Å². The molecule has 0 unspecified atom stereocenters. The number of nitrogens with two attached hydrogens (primary N) is 1. The Morgan fingerprint density at radius 1 is 1.22 bits per heavy atom. The molecular formula is C13H19N3OS. The number of hydrogen-bond acceptors (Lipinski definition) is 4. The molecule has 18 heavy (non-hydrogen) atoms. The van der Waals surface area contributed by atoms with Crippen LogP contribution in [0.25, 0.3) is 0 Å². The molecule has 0 aromatic heterocycles. The summed E-state index contributed by atoms with van der Waals surface area (Å²) >= 11 is 1.50. The molecule has 0 atom stereocenters. The molecule has 1 rings (SSSR count). The molecule has 1 aromatic carbocycles. The molecule has 0 saturated heterocycles. The highest BCUT2D eigenvalue weighted by atomic mass is 32.2. The van der Waals surface area contributed by atoms with Crippen LogP contribution in [0.3, 0.4) is 0 Å². The topological polar surface area (TPSA) is 60.0 Å². The fourth-order valence-electron chi connectivity index (χ4n) is 1.22. The summed E-state index contributed by atoms with van der Waals surface area (Å²) in [6, 6.07) is 9.67. The number of benzene rings is 1. The van der Waals surface area contributed by atoms with Crippen LogP contribution in [0.5, 0.6) is 0 Å². The Kier molecular flexibility index (Phi) is 6.94. The maximum Gasteiger partial charge on any atom is 0.240 e. The maximum atomic E-state index is 5.73. The molecule has 0 saturated carbocycles. The number of hydrogen-bond donors (Lipinski definition) is 1. The summed E-state index contributed by atoms with van der Waals surface area (Å²) in [5.41, 5.74) is 6.63. The van der Waals surface area contributed by atoms with Crippen molar-refractivity contribution in [1.82, 2.24) is 0 Å². The first kappa shape index (κ1) is 14.6. The van der Waals surface area contributed by atoms with Gasteiger partial charge < -0.3 is 10.5 Å². The molecule has 0 spiro atoms. The van der Waals surface area contributed by atoms with Crippen LogP contribution < -0.4 is 5.73 Å². The Morgan fingerprint density at radius 3 is 2.56 bits per heavy atom. The normalized spacial score (nSPS) is 12.6. The molecule has 0 bridgehead atoms. The predicted molar refractivity (Wildman–Crippen MR) is 79.0 cm³/mol. The van der Waals surface area contributed by atoms with E-state index in [1.54, 1.807) is 0 Å². The Morgan fingerprint density at radius 2 is 1.94 bits per heavy atom. The molecule has 98 valence electrons. The van der Waals surface area contributed by atoms with Crippen LogP contribution in [-0.2, 0) is 4.74 Å². The van der Waals surface area contributed by atoms with Gasteiger partial charge in [0.15, 0.2) is 5.17 Å². The van der Waals surface area contributed by atoms with Crippen molar-refractivity contribution in [3.63, 3.8) is 0 Å². The summed E-state index contributed by atoms with van der Waals surface area (Å²) in [5.74, 6) is 1.44. The SMILES string of the molecule is CCCS/C(N)=N/N=C(\OCC)c1ccccc1. The van der Waals surface area contributed by atoms with Gasteiger partial charge in [-0.15, -0.1) is 10.2 Å². The largest absolute Gasteiger partial charge is 0.476 e. The zero-order chi connectivity index (χ0) is 13.2. The van der Waals surface area contributed by atoms with Gasteiger partial charge >= 0.3 is 0 Å². The highest BCUT2D eigenvalue weighted by Gasteiger charge is 2.03. The number of rotatable bonds is 5. The Bertz CT molecular complexity index is 404. The summed E-state index contributed by atoms with van der Waals surface area (Å²) in [4.78, 5) is 0. The van der Waals surface area contributed by atoms with E-state index >= 15 is 0 Å². The van der Waals surface area contributed by atoms with Crippen LogP contribution in [0.2, 0.25) is 0 Å². The van der Waals surface area contributed by atoms with Gasteiger partial charge in [-0.3, -0.25) is 0 Å². The van der Waals surface area contributed by atoms with Crippen LogP contribution in [0.15, 0.2) is 40.5 Å². The monoisotopic (exact) mass is 265 g/mol. The lowest BCUT2D eigenvalue weighted by Crippen LogP contribution is -2.09. The second-order valence-electron chi connectivity index (χ2n) is 3.49. The van der Waals surface area contributed by atoms with E-state index in [1.807, 2.05) is 37.3 Å². The highest BCUT2D eigenvalue weighted by Crippen LogP contribution is 2.05. The number of ether oxygens (including phenoxy) is 1. The minimum absolute atomic E-state index is 0.463. The molecule has 0 aliphatic carbocycles. The first-order chi connectivity index (χ1) is 8.77. The van der Waals surface area contributed by atoms with Crippen molar-refractivity contribution in [2.75, 3.05) is 12.4 Å². The molecule has 2 N–H and O–H groups in total. The van der Waals surface area contributed by atoms with Gasteiger partial charge in [0.05, 0.1) is 6.61 Å². The number of amidine groups is 1. The van der Waals surface area contributed by atoms with Crippen molar-refractivity contribution in [2.24, 2.45) is 15.9 Å². The zero-order valence-corrected chi connectivity index (χ0v) is 11.6. The molecule has 0 amide bonds. The summed E-state index contributed by atoms with van der Waals surface area (Å²) in [5, 5.41) is 8.51. The Balaban J connectivity index is 2.79. The van der Waals surface area contributed by atoms with E-state index in [1.165, 1.54) is 11.8 Å². The number of thioether (sulfide) groups is 1. The third-order valence-corrected chi connectivity index (χ3v) is 2.99. The van der Waals surface area contributed by atoms with Crippen LogP contribution >= 0.6 is 11.8 Å². The first-order valence-corrected chi connectivity index (χ1v) is 6.98. The van der Waals surface area contributed by atoms with Crippen LogP contribution in [0, 0.1) is 0 Å². The third-order valence-electron chi connectivity index (χ3n) is 2.00. The van der Waals surface area contributed by atoms with E-state index < -0.39 is 0 Å². The number of nitrogens with zero attached hydrogens (tertiary/aromatic N) is 2. The molecule has 0 radical (unpaired) electrons. The van der Waals surface area contributed by atoms with Crippen molar-refractivity contribution in [3.05, 3.63) is 35.9 Å². The van der Waals surface area contributed by atoms with Gasteiger partial charge in [0, 0.05) is 11.3 Å². The first-order valence-electron chi connectivity index (χ1n) is 6.00. The van der Waals surface area contributed by atoms with Crippen LogP contribution in [0.4, 0.5) is 0 Å². The highest BCUT2D eigenvalue weighted by molar-refractivity contribution is 8.13. The van der Waals surface area contributed by atoms with Gasteiger partial charge in [0.25, 0.3) is 0 Å². The molecule has 0 heterocycles. The van der Waals surface area contributed by atoms with E-state index in [-0.39, 0.29) is 0 Å². The molecule has 4 nitrogen and oxygen atoms in total. The molecule has 0 fully saturated rings. The average molecular weight is 265 g/mol. The van der Waals surface area contributed by atoms with E-state index in [9.17, 15) is 0 Å². The van der Waals surface area contributed by atoms with Crippen molar-refractivity contribution in [2.45, 2.75) is 20.3 Å². The van der Waals surface area contributed by atoms with Crippen molar-refractivity contribution >= 4 is 22.8 Å². The van der Waals surface area contributed by atoms with Crippen molar-refractivity contribution in [1.29, 1.82) is 0 Å². The minimum atomic E-state index is 0.463. The standard InChI is InChI=1S/C13H19N3OS/c1-3-10-18-13(14)16-15-12(17-4-2)11-8-6-5-7-9-11/h5-9H,3-4,10H2,1-2H3,(H2,14,16)/b15-12-. The summed E-state index contributed by atoms with van der Waals surface area (Å²) < 4.78 is 5.46.